The van der Waals surface area contributed by atoms with E-state index < -0.39 is 45.6 Å². The van der Waals surface area contributed by atoms with E-state index in [9.17, 15) is 44.3 Å². The molecule has 0 aliphatic rings. The average Bonchev–Trinajstić information content (AvgIpc) is 2.79. The van der Waals surface area contributed by atoms with Crippen LogP contribution in [0.15, 0.2) is 36.4 Å². The zero-order valence-corrected chi connectivity index (χ0v) is 20.5. The number of hydrogen-bond donors (Lipinski definition) is 0. The summed E-state index contributed by atoms with van der Waals surface area (Å²) in [5.74, 6) is -1.39. The van der Waals surface area contributed by atoms with Gasteiger partial charge in [-0.2, -0.15) is 44.1 Å². The van der Waals surface area contributed by atoms with Gasteiger partial charge in [-0.15, -0.1) is 0 Å². The molecule has 18 heteroatoms. The fraction of sp³-hybridized carbons (Fsp3) is 0.333. The Morgan fingerprint density at radius 2 is 1.31 bits per heavy atom. The number of aryl methyl sites for hydroxylation is 1. The van der Waals surface area contributed by atoms with Gasteiger partial charge in [-0.3, -0.25) is 0 Å². The van der Waals surface area contributed by atoms with Crippen LogP contribution in [0, 0.1) is 0 Å². The molecule has 0 saturated carbocycles. The van der Waals surface area contributed by atoms with E-state index in [4.69, 9.17) is 22.4 Å². The molecule has 216 valence electrons. The molecule has 0 saturated heterocycles. The Morgan fingerprint density at radius 1 is 0.846 bits per heavy atom. The molecule has 0 fully saturated rings. The minimum atomic E-state index is -6.09. The van der Waals surface area contributed by atoms with Crippen molar-refractivity contribution in [3.63, 3.8) is 0 Å². The Labute approximate surface area is 213 Å². The SMILES string of the molecule is COc1cc2c(C(=O)OC(C(F)(F)F)C(F)(F)F)c3ccccc3[n+](C)c2cc1OC.O=S(=O)([O-])C(F)(F)F. The second-order valence-corrected chi connectivity index (χ2v) is 8.82. The fourth-order valence-corrected chi connectivity index (χ4v) is 3.30. The maximum atomic E-state index is 13.0. The molecule has 0 bridgehead atoms. The third-order valence-corrected chi connectivity index (χ3v) is 5.54. The summed E-state index contributed by atoms with van der Waals surface area (Å²) >= 11 is 0. The standard InChI is InChI=1S/C20H16F6NO4.CHF3O3S/c1-27-12-7-5-4-6-10(12)16(11-8-14(29-2)15(30-3)9-13(11)27)17(28)31-18(19(21,22)23)20(24,25)26;2-1(3,4)8(5,6)7/h4-9,18H,1-3H3;(H,5,6,7)/q+1;/p-1. The smallest absolute Gasteiger partial charge is 0.485 e. The third kappa shape index (κ3) is 6.92. The summed E-state index contributed by atoms with van der Waals surface area (Å²) in [7, 11) is -1.81. The van der Waals surface area contributed by atoms with Crippen molar-refractivity contribution in [3.8, 4) is 11.5 Å². The first-order chi connectivity index (χ1) is 17.6. The molecule has 1 heterocycles. The van der Waals surface area contributed by atoms with E-state index in [-0.39, 0.29) is 22.3 Å². The quantitative estimate of drug-likeness (QED) is 0.109. The van der Waals surface area contributed by atoms with Crippen molar-refractivity contribution < 1.29 is 76.1 Å². The van der Waals surface area contributed by atoms with Crippen LogP contribution >= 0.6 is 0 Å². The number of pyridine rings is 1. The number of esters is 1. The Hall–Kier alpha value is -3.54. The molecule has 3 aromatic rings. The Kier molecular flexibility index (Phi) is 8.86. The van der Waals surface area contributed by atoms with E-state index in [1.165, 1.54) is 38.5 Å². The number of para-hydroxylation sites is 1. The molecule has 0 amide bonds. The van der Waals surface area contributed by atoms with E-state index in [1.807, 2.05) is 0 Å². The van der Waals surface area contributed by atoms with Gasteiger partial charge in [-0.1, -0.05) is 12.1 Å². The van der Waals surface area contributed by atoms with Crippen molar-refractivity contribution in [1.29, 1.82) is 0 Å². The number of nitrogens with zero attached hydrogens (tertiary/aromatic N) is 1. The Balaban J connectivity index is 0.000000580. The molecular formula is C21H16F9NO7S. The molecular weight excluding hydrogens is 581 g/mol. The highest BCUT2D eigenvalue weighted by molar-refractivity contribution is 7.86. The number of benzene rings is 2. The lowest BCUT2D eigenvalue weighted by Gasteiger charge is -2.23. The van der Waals surface area contributed by atoms with Crippen LogP contribution in [0.3, 0.4) is 0 Å². The first kappa shape index (κ1) is 31.7. The predicted octanol–water partition coefficient (Wildman–Crippen LogP) is 4.54. The first-order valence-corrected chi connectivity index (χ1v) is 11.4. The maximum Gasteiger partial charge on any atom is 0.485 e. The molecule has 3 rings (SSSR count). The predicted molar refractivity (Wildman–Crippen MR) is 113 cm³/mol. The van der Waals surface area contributed by atoms with Crippen molar-refractivity contribution in [2.24, 2.45) is 7.05 Å². The van der Waals surface area contributed by atoms with E-state index in [2.05, 4.69) is 4.74 Å². The molecule has 2 aromatic carbocycles. The third-order valence-electron chi connectivity index (χ3n) is 4.97. The van der Waals surface area contributed by atoms with Crippen LogP contribution in [0.4, 0.5) is 39.5 Å². The number of alkyl halides is 9. The maximum absolute atomic E-state index is 13.0. The number of hydrogen-bond acceptors (Lipinski definition) is 7. The molecule has 1 aromatic heterocycles. The van der Waals surface area contributed by atoms with Crippen LogP contribution in [0.25, 0.3) is 21.8 Å². The van der Waals surface area contributed by atoms with Crippen molar-refractivity contribution in [2.45, 2.75) is 24.0 Å². The van der Waals surface area contributed by atoms with Gasteiger partial charge in [0.2, 0.25) is 11.0 Å². The zero-order chi connectivity index (χ0) is 30.1. The second kappa shape index (κ2) is 10.9. The Morgan fingerprint density at radius 3 is 1.74 bits per heavy atom. The number of fused-ring (bicyclic) bond motifs is 2. The summed E-state index contributed by atoms with van der Waals surface area (Å²) in [5, 5.41) is 0.143. The fourth-order valence-electron chi connectivity index (χ4n) is 3.30. The summed E-state index contributed by atoms with van der Waals surface area (Å²) in [6.07, 6.45) is -15.9. The average molecular weight is 597 g/mol. The number of methoxy groups -OCH3 is 2. The molecule has 8 nitrogen and oxygen atoms in total. The Bertz CT molecular complexity index is 1470. The lowest BCUT2D eigenvalue weighted by Crippen LogP contribution is -2.45. The summed E-state index contributed by atoms with van der Waals surface area (Å²) in [6.45, 7) is 0. The first-order valence-electron chi connectivity index (χ1n) is 9.98. The molecule has 0 unspecified atom stereocenters. The van der Waals surface area contributed by atoms with Crippen LogP contribution in [-0.2, 0) is 21.9 Å². The zero-order valence-electron chi connectivity index (χ0n) is 19.7. The van der Waals surface area contributed by atoms with Gasteiger partial charge >= 0.3 is 23.8 Å². The number of carbonyl (C=O) groups is 1. The molecule has 39 heavy (non-hydrogen) atoms. The number of aromatic nitrogens is 1. The van der Waals surface area contributed by atoms with Crippen molar-refractivity contribution in [2.75, 3.05) is 14.2 Å². The minimum absolute atomic E-state index is 0.0342. The lowest BCUT2D eigenvalue weighted by molar-refractivity contribution is -0.617. The second-order valence-electron chi connectivity index (χ2n) is 7.44. The van der Waals surface area contributed by atoms with Gasteiger partial charge < -0.3 is 18.8 Å². The molecule has 0 aliphatic heterocycles. The van der Waals surface area contributed by atoms with E-state index in [0.717, 1.165) is 0 Å². The van der Waals surface area contributed by atoms with Gasteiger partial charge in [0.05, 0.1) is 36.6 Å². The van der Waals surface area contributed by atoms with E-state index >= 15 is 0 Å². The minimum Gasteiger partial charge on any atom is -0.741 e. The number of carbonyl (C=O) groups excluding carboxylic acids is 1. The van der Waals surface area contributed by atoms with Gasteiger partial charge in [0.1, 0.15) is 7.05 Å². The highest BCUT2D eigenvalue weighted by atomic mass is 32.2. The van der Waals surface area contributed by atoms with Crippen LogP contribution in [0.2, 0.25) is 0 Å². The number of halogens is 9. The van der Waals surface area contributed by atoms with Crippen LogP contribution in [0.1, 0.15) is 10.4 Å². The highest BCUT2D eigenvalue weighted by Crippen LogP contribution is 2.39. The summed E-state index contributed by atoms with van der Waals surface area (Å²) in [5.41, 5.74) is -5.42. The normalized spacial score (nSPS) is 12.8. The van der Waals surface area contributed by atoms with E-state index in [1.54, 1.807) is 23.7 Å². The van der Waals surface area contributed by atoms with E-state index in [0.29, 0.717) is 11.0 Å². The lowest BCUT2D eigenvalue weighted by atomic mass is 10.0. The van der Waals surface area contributed by atoms with Gasteiger partial charge in [0.25, 0.3) is 6.10 Å². The monoisotopic (exact) mass is 597 g/mol. The van der Waals surface area contributed by atoms with Gasteiger partial charge in [0, 0.05) is 6.07 Å². The van der Waals surface area contributed by atoms with Crippen LogP contribution < -0.4 is 14.0 Å². The van der Waals surface area contributed by atoms with Crippen molar-refractivity contribution >= 4 is 37.9 Å². The molecule has 0 atom stereocenters. The summed E-state index contributed by atoms with van der Waals surface area (Å²) < 4.78 is 153. The number of ether oxygens (including phenoxy) is 3. The topological polar surface area (TPSA) is 106 Å². The molecule has 0 spiro atoms. The summed E-state index contributed by atoms with van der Waals surface area (Å²) in [4.78, 5) is 12.7. The molecule has 0 aliphatic carbocycles. The number of rotatable bonds is 4. The molecule has 0 radical (unpaired) electrons. The molecule has 0 N–H and O–H groups in total. The van der Waals surface area contributed by atoms with Gasteiger partial charge in [-0.05, 0) is 12.1 Å². The van der Waals surface area contributed by atoms with Crippen molar-refractivity contribution in [3.05, 3.63) is 42.0 Å². The largest absolute Gasteiger partial charge is 0.741 e. The summed E-state index contributed by atoms with van der Waals surface area (Å²) in [6, 6.07) is 8.83. The van der Waals surface area contributed by atoms with Crippen molar-refractivity contribution in [1.82, 2.24) is 0 Å². The van der Waals surface area contributed by atoms with Crippen LogP contribution in [-0.4, -0.2) is 57.1 Å². The highest BCUT2D eigenvalue weighted by Gasteiger charge is 2.60. The van der Waals surface area contributed by atoms with Crippen LogP contribution in [0.5, 0.6) is 11.5 Å². The van der Waals surface area contributed by atoms with Gasteiger partial charge in [0.15, 0.2) is 21.6 Å². The van der Waals surface area contributed by atoms with Gasteiger partial charge in [-0.25, -0.2) is 13.2 Å².